The van der Waals surface area contributed by atoms with Crippen LogP contribution < -0.4 is 5.32 Å². The quantitative estimate of drug-likeness (QED) is 0.755. The first-order valence-corrected chi connectivity index (χ1v) is 8.99. The van der Waals surface area contributed by atoms with Gasteiger partial charge in [-0.15, -0.1) is 16.4 Å². The number of hydrogen-bond donors (Lipinski definition) is 2. The summed E-state index contributed by atoms with van der Waals surface area (Å²) < 4.78 is 1.66. The van der Waals surface area contributed by atoms with Crippen LogP contribution in [-0.4, -0.2) is 43.7 Å². The van der Waals surface area contributed by atoms with Gasteiger partial charge in [-0.2, -0.15) is 4.52 Å². The molecule has 0 saturated heterocycles. The number of carbonyl (C=O) groups is 1. The Morgan fingerprint density at radius 3 is 3.08 bits per heavy atom. The molecule has 8 heteroatoms. The molecule has 1 aliphatic carbocycles. The number of carbonyl (C=O) groups excluding carboxylic acids is 1. The fourth-order valence-electron chi connectivity index (χ4n) is 3.43. The first-order valence-electron chi connectivity index (χ1n) is 8.18. The lowest BCUT2D eigenvalue weighted by atomic mass is 9.87. The van der Waals surface area contributed by atoms with Crippen molar-refractivity contribution < 1.29 is 9.90 Å². The van der Waals surface area contributed by atoms with Crippen LogP contribution in [0.1, 0.15) is 52.6 Å². The fourth-order valence-corrected chi connectivity index (χ4v) is 4.80. The molecule has 126 valence electrons. The molecule has 1 aliphatic rings. The average Bonchev–Trinajstić information content (AvgIpc) is 3.14. The highest BCUT2D eigenvalue weighted by Gasteiger charge is 2.26. The third-order valence-electron chi connectivity index (χ3n) is 4.54. The number of aryl methyl sites for hydroxylation is 2. The third kappa shape index (κ3) is 2.29. The number of nitrogens with zero attached hydrogens (tertiary/aromatic N) is 4. The molecular formula is C16H19N5O2S. The van der Waals surface area contributed by atoms with Gasteiger partial charge in [-0.25, -0.2) is 9.97 Å². The number of aliphatic hydroxyl groups is 1. The van der Waals surface area contributed by atoms with Gasteiger partial charge in [-0.1, -0.05) is 6.92 Å². The van der Waals surface area contributed by atoms with E-state index >= 15 is 0 Å². The Bertz CT molecular complexity index is 945. The highest BCUT2D eigenvalue weighted by atomic mass is 32.1. The van der Waals surface area contributed by atoms with E-state index in [1.807, 2.05) is 6.92 Å². The summed E-state index contributed by atoms with van der Waals surface area (Å²) in [6.07, 6.45) is 3.46. The van der Waals surface area contributed by atoms with Crippen molar-refractivity contribution in [3.63, 3.8) is 0 Å². The van der Waals surface area contributed by atoms with Crippen molar-refractivity contribution in [1.82, 2.24) is 24.9 Å². The highest BCUT2D eigenvalue weighted by Crippen LogP contribution is 2.42. The van der Waals surface area contributed by atoms with Crippen LogP contribution in [0.3, 0.4) is 0 Å². The van der Waals surface area contributed by atoms with E-state index < -0.39 is 0 Å². The number of nitrogens with one attached hydrogen (secondary N) is 1. The van der Waals surface area contributed by atoms with Crippen molar-refractivity contribution in [1.29, 1.82) is 0 Å². The lowest BCUT2D eigenvalue weighted by Gasteiger charge is -2.18. The van der Waals surface area contributed by atoms with Crippen molar-refractivity contribution in [3.05, 3.63) is 22.1 Å². The molecule has 0 aromatic carbocycles. The molecule has 0 fully saturated rings. The Hall–Kier alpha value is -2.06. The van der Waals surface area contributed by atoms with Crippen molar-refractivity contribution in [2.24, 2.45) is 0 Å². The summed E-state index contributed by atoms with van der Waals surface area (Å²) >= 11 is 1.74. The Labute approximate surface area is 142 Å². The second-order valence-corrected chi connectivity index (χ2v) is 7.31. The number of thiophene rings is 1. The minimum absolute atomic E-state index is 0.112. The van der Waals surface area contributed by atoms with Crippen LogP contribution in [0.2, 0.25) is 0 Å². The van der Waals surface area contributed by atoms with E-state index in [4.69, 9.17) is 5.11 Å². The minimum atomic E-state index is -0.377. The molecule has 3 heterocycles. The van der Waals surface area contributed by atoms with Crippen molar-refractivity contribution in [2.45, 2.75) is 39.0 Å². The average molecular weight is 345 g/mol. The first-order chi connectivity index (χ1) is 11.6. The maximum absolute atomic E-state index is 12.1. The monoisotopic (exact) mass is 345 g/mol. The number of hydrogen-bond acceptors (Lipinski definition) is 6. The molecule has 3 aromatic rings. The van der Waals surface area contributed by atoms with Crippen LogP contribution in [0.5, 0.6) is 0 Å². The van der Waals surface area contributed by atoms with Crippen LogP contribution in [0, 0.1) is 6.92 Å². The van der Waals surface area contributed by atoms with Gasteiger partial charge in [0.05, 0.1) is 12.0 Å². The molecule has 4 rings (SSSR count). The number of aromatic nitrogens is 4. The van der Waals surface area contributed by atoms with E-state index in [-0.39, 0.29) is 24.9 Å². The standard InChI is InChI=1S/C16H19N5O2S/c1-8-4-3-5-10-11(8)12-14-19-13(15(23)17-6-7-22)20-21(14)9(2)18-16(12)24-10/h8,22H,3-7H2,1-2H3,(H,17,23)/t8-/m1/s1. The van der Waals surface area contributed by atoms with E-state index in [0.29, 0.717) is 11.6 Å². The molecule has 0 bridgehead atoms. The molecule has 1 amide bonds. The Morgan fingerprint density at radius 1 is 1.46 bits per heavy atom. The molecule has 0 aliphatic heterocycles. The van der Waals surface area contributed by atoms with Gasteiger partial charge in [0.25, 0.3) is 5.91 Å². The van der Waals surface area contributed by atoms with Crippen LogP contribution in [0.25, 0.3) is 15.9 Å². The van der Waals surface area contributed by atoms with Gasteiger partial charge >= 0.3 is 0 Å². The van der Waals surface area contributed by atoms with E-state index in [0.717, 1.165) is 28.9 Å². The Morgan fingerprint density at radius 2 is 2.29 bits per heavy atom. The maximum Gasteiger partial charge on any atom is 0.291 e. The Kier molecular flexibility index (Phi) is 3.73. The van der Waals surface area contributed by atoms with Gasteiger partial charge in [-0.3, -0.25) is 4.79 Å². The number of rotatable bonds is 3. The molecule has 7 nitrogen and oxygen atoms in total. The predicted molar refractivity (Wildman–Crippen MR) is 91.7 cm³/mol. The van der Waals surface area contributed by atoms with Crippen molar-refractivity contribution in [2.75, 3.05) is 13.2 Å². The lowest BCUT2D eigenvalue weighted by molar-refractivity contribution is 0.0934. The van der Waals surface area contributed by atoms with Gasteiger partial charge in [0.2, 0.25) is 5.82 Å². The molecule has 0 spiro atoms. The summed E-state index contributed by atoms with van der Waals surface area (Å²) in [5.41, 5.74) is 2.03. The number of fused-ring (bicyclic) bond motifs is 5. The summed E-state index contributed by atoms with van der Waals surface area (Å²) in [6.45, 7) is 4.19. The zero-order valence-electron chi connectivity index (χ0n) is 13.7. The topological polar surface area (TPSA) is 92.4 Å². The van der Waals surface area contributed by atoms with E-state index in [1.165, 1.54) is 16.9 Å². The lowest BCUT2D eigenvalue weighted by Crippen LogP contribution is -2.27. The zero-order chi connectivity index (χ0) is 16.8. The van der Waals surface area contributed by atoms with Crippen molar-refractivity contribution in [3.8, 4) is 0 Å². The second-order valence-electron chi connectivity index (χ2n) is 6.22. The first kappa shape index (κ1) is 15.5. The van der Waals surface area contributed by atoms with Gasteiger partial charge in [0.15, 0.2) is 5.65 Å². The summed E-state index contributed by atoms with van der Waals surface area (Å²) in [5.74, 6) is 0.929. The van der Waals surface area contributed by atoms with Crippen molar-refractivity contribution >= 4 is 33.1 Å². The van der Waals surface area contributed by atoms with Gasteiger partial charge < -0.3 is 10.4 Å². The van der Waals surface area contributed by atoms with Gasteiger partial charge in [0, 0.05) is 11.4 Å². The highest BCUT2D eigenvalue weighted by molar-refractivity contribution is 7.19. The molecule has 0 saturated carbocycles. The predicted octanol–water partition coefficient (Wildman–Crippen LogP) is 1.81. The molecule has 1 atom stereocenters. The van der Waals surface area contributed by atoms with Crippen LogP contribution in [-0.2, 0) is 6.42 Å². The van der Waals surface area contributed by atoms with Gasteiger partial charge in [-0.05, 0) is 37.7 Å². The Balaban J connectivity index is 1.94. The third-order valence-corrected chi connectivity index (χ3v) is 5.70. The van der Waals surface area contributed by atoms with Crippen LogP contribution in [0.15, 0.2) is 0 Å². The molecular weight excluding hydrogens is 326 g/mol. The molecule has 0 radical (unpaired) electrons. The zero-order valence-corrected chi connectivity index (χ0v) is 14.5. The number of aliphatic hydroxyl groups excluding tert-OH is 1. The van der Waals surface area contributed by atoms with E-state index in [1.54, 1.807) is 15.9 Å². The number of amides is 1. The fraction of sp³-hybridized carbons (Fsp3) is 0.500. The summed E-state index contributed by atoms with van der Waals surface area (Å²) in [5, 5.41) is 16.8. The largest absolute Gasteiger partial charge is 0.395 e. The SMILES string of the molecule is Cc1nc2sc3c(c2c2nc(C(=O)NCCO)nn12)[C@H](C)CCC3. The summed E-state index contributed by atoms with van der Waals surface area (Å²) in [7, 11) is 0. The molecule has 24 heavy (non-hydrogen) atoms. The van der Waals surface area contributed by atoms with Crippen LogP contribution >= 0.6 is 11.3 Å². The summed E-state index contributed by atoms with van der Waals surface area (Å²) in [6, 6.07) is 0. The normalized spacial score (nSPS) is 17.4. The minimum Gasteiger partial charge on any atom is -0.395 e. The van der Waals surface area contributed by atoms with Crippen LogP contribution in [0.4, 0.5) is 0 Å². The van der Waals surface area contributed by atoms with Gasteiger partial charge in [0.1, 0.15) is 10.7 Å². The summed E-state index contributed by atoms with van der Waals surface area (Å²) in [4.78, 5) is 23.7. The second kappa shape index (κ2) is 5.78. The van der Waals surface area contributed by atoms with E-state index in [2.05, 4.69) is 27.3 Å². The molecule has 3 aromatic heterocycles. The van der Waals surface area contributed by atoms with E-state index in [9.17, 15) is 4.79 Å². The maximum atomic E-state index is 12.1. The molecule has 2 N–H and O–H groups in total. The molecule has 0 unspecified atom stereocenters. The smallest absolute Gasteiger partial charge is 0.291 e.